The predicted octanol–water partition coefficient (Wildman–Crippen LogP) is 3.62. The Morgan fingerprint density at radius 1 is 0.971 bits per heavy atom. The maximum absolute atomic E-state index is 12.6. The summed E-state index contributed by atoms with van der Waals surface area (Å²) in [6.45, 7) is 2.19. The van der Waals surface area contributed by atoms with Gasteiger partial charge in [-0.1, -0.05) is 12.1 Å². The average Bonchev–Trinajstić information content (AvgIpc) is 3.24. The number of nitrogens with zero attached hydrogens (tertiary/aromatic N) is 2. The fraction of sp³-hybridized carbons (Fsp3) is 0.240. The van der Waals surface area contributed by atoms with Crippen molar-refractivity contribution in [2.45, 2.75) is 6.92 Å². The number of rotatable bonds is 9. The molecule has 35 heavy (non-hydrogen) atoms. The Morgan fingerprint density at radius 2 is 1.60 bits per heavy atom. The molecule has 10 heteroatoms. The molecule has 0 aliphatic carbocycles. The SMILES string of the molecule is COc1ccccc1OCCOc1c(OC)cc(/C=C2\C(=N)N3OC(C)=CC3=NC2=O)cc1OC. The first-order chi connectivity index (χ1) is 16.9. The zero-order valence-electron chi connectivity index (χ0n) is 19.8. The lowest BCUT2D eigenvalue weighted by Crippen LogP contribution is -2.38. The van der Waals surface area contributed by atoms with Crippen LogP contribution in [0.15, 0.2) is 58.8 Å². The van der Waals surface area contributed by atoms with Crippen LogP contribution in [0.4, 0.5) is 0 Å². The van der Waals surface area contributed by atoms with E-state index in [-0.39, 0.29) is 30.5 Å². The summed E-state index contributed by atoms with van der Waals surface area (Å²) in [6, 6.07) is 10.7. The first-order valence-corrected chi connectivity index (χ1v) is 10.7. The van der Waals surface area contributed by atoms with Crippen molar-refractivity contribution in [2.75, 3.05) is 34.5 Å². The molecule has 0 aromatic heterocycles. The van der Waals surface area contributed by atoms with Gasteiger partial charge in [-0.15, -0.1) is 5.06 Å². The lowest BCUT2D eigenvalue weighted by atomic mass is 10.1. The molecular weight excluding hydrogens is 454 g/mol. The standard InChI is InChI=1S/C25H25N3O7/c1-15-11-22-27-25(29)17(24(26)28(22)35-15)12-16-13-20(31-3)23(21(14-16)32-4)34-10-9-33-19-8-6-5-7-18(19)30-2/h5-8,11-14,26H,9-10H2,1-4H3/b17-12+,26-24?. The van der Waals surface area contributed by atoms with E-state index in [1.807, 2.05) is 24.3 Å². The highest BCUT2D eigenvalue weighted by atomic mass is 16.7. The fourth-order valence-electron chi connectivity index (χ4n) is 3.53. The van der Waals surface area contributed by atoms with Crippen molar-refractivity contribution in [3.63, 3.8) is 0 Å². The molecule has 0 saturated heterocycles. The average molecular weight is 479 g/mol. The van der Waals surface area contributed by atoms with Crippen LogP contribution in [0.3, 0.4) is 0 Å². The largest absolute Gasteiger partial charge is 0.493 e. The van der Waals surface area contributed by atoms with Crippen molar-refractivity contribution in [1.29, 1.82) is 5.41 Å². The molecule has 2 aromatic rings. The molecule has 0 bridgehead atoms. The molecule has 0 saturated carbocycles. The fourth-order valence-corrected chi connectivity index (χ4v) is 3.53. The number of fused-ring (bicyclic) bond motifs is 1. The topological polar surface area (TPSA) is 112 Å². The summed E-state index contributed by atoms with van der Waals surface area (Å²) in [5, 5.41) is 9.59. The number of benzene rings is 2. The molecule has 0 atom stereocenters. The van der Waals surface area contributed by atoms with Gasteiger partial charge in [0.25, 0.3) is 5.91 Å². The monoisotopic (exact) mass is 479 g/mol. The highest BCUT2D eigenvalue weighted by molar-refractivity contribution is 6.32. The molecule has 4 rings (SSSR count). The minimum Gasteiger partial charge on any atom is -0.493 e. The van der Waals surface area contributed by atoms with Crippen molar-refractivity contribution < 1.29 is 33.3 Å². The Morgan fingerprint density at radius 3 is 2.26 bits per heavy atom. The number of nitrogens with one attached hydrogen (secondary N) is 1. The van der Waals surface area contributed by atoms with Crippen LogP contribution in [-0.2, 0) is 9.63 Å². The van der Waals surface area contributed by atoms with E-state index in [4.69, 9.17) is 33.9 Å². The van der Waals surface area contributed by atoms with E-state index < -0.39 is 5.91 Å². The highest BCUT2D eigenvalue weighted by Gasteiger charge is 2.34. The van der Waals surface area contributed by atoms with Gasteiger partial charge in [0.2, 0.25) is 5.75 Å². The predicted molar refractivity (Wildman–Crippen MR) is 128 cm³/mol. The Bertz CT molecular complexity index is 1220. The summed E-state index contributed by atoms with van der Waals surface area (Å²) in [6.07, 6.45) is 3.13. The number of amides is 1. The second-order valence-electron chi connectivity index (χ2n) is 7.42. The van der Waals surface area contributed by atoms with E-state index in [1.165, 1.54) is 25.4 Å². The molecule has 10 nitrogen and oxygen atoms in total. The van der Waals surface area contributed by atoms with E-state index in [0.29, 0.717) is 40.1 Å². The van der Waals surface area contributed by atoms with Crippen LogP contribution in [0, 0.1) is 5.41 Å². The summed E-state index contributed by atoms with van der Waals surface area (Å²) >= 11 is 0. The summed E-state index contributed by atoms with van der Waals surface area (Å²) in [7, 11) is 4.58. The van der Waals surface area contributed by atoms with E-state index in [2.05, 4.69) is 4.99 Å². The third-order valence-electron chi connectivity index (χ3n) is 5.13. The van der Waals surface area contributed by atoms with Crippen molar-refractivity contribution in [1.82, 2.24) is 5.06 Å². The van der Waals surface area contributed by atoms with Gasteiger partial charge in [0.05, 0.1) is 26.9 Å². The molecule has 182 valence electrons. The summed E-state index contributed by atoms with van der Waals surface area (Å²) in [5.41, 5.74) is 0.631. The lowest BCUT2D eigenvalue weighted by Gasteiger charge is -2.23. The van der Waals surface area contributed by atoms with Gasteiger partial charge < -0.3 is 28.5 Å². The molecule has 2 aliphatic heterocycles. The van der Waals surface area contributed by atoms with Crippen LogP contribution < -0.4 is 23.7 Å². The molecule has 0 spiro atoms. The van der Waals surface area contributed by atoms with Crippen LogP contribution in [0.2, 0.25) is 0 Å². The third kappa shape index (κ3) is 4.91. The first kappa shape index (κ1) is 23.7. The van der Waals surface area contributed by atoms with Gasteiger partial charge in [0.15, 0.2) is 34.7 Å². The number of aliphatic imine (C=N–C) groups is 1. The van der Waals surface area contributed by atoms with E-state index in [0.717, 1.165) is 0 Å². The number of para-hydroxylation sites is 2. The smallest absolute Gasteiger partial charge is 0.282 e. The third-order valence-corrected chi connectivity index (χ3v) is 5.13. The number of carbonyl (C=O) groups is 1. The number of hydroxylamine groups is 2. The van der Waals surface area contributed by atoms with Gasteiger partial charge in [0, 0.05) is 6.08 Å². The Balaban J connectivity index is 1.52. The molecule has 0 fully saturated rings. The number of methoxy groups -OCH3 is 3. The van der Waals surface area contributed by atoms with E-state index >= 15 is 0 Å². The van der Waals surface area contributed by atoms with Crippen molar-refractivity contribution in [3.05, 3.63) is 59.4 Å². The summed E-state index contributed by atoms with van der Waals surface area (Å²) in [4.78, 5) is 22.0. The Labute approximate surface area is 202 Å². The zero-order valence-corrected chi connectivity index (χ0v) is 19.8. The molecule has 2 aliphatic rings. The number of allylic oxidation sites excluding steroid dienone is 1. The number of hydrogen-bond donors (Lipinski definition) is 1. The van der Waals surface area contributed by atoms with Crippen LogP contribution in [0.5, 0.6) is 28.7 Å². The number of hydrogen-bond acceptors (Lipinski definition) is 8. The van der Waals surface area contributed by atoms with Gasteiger partial charge >= 0.3 is 0 Å². The molecule has 0 radical (unpaired) electrons. The van der Waals surface area contributed by atoms with Gasteiger partial charge in [-0.3, -0.25) is 10.2 Å². The van der Waals surface area contributed by atoms with Crippen LogP contribution >= 0.6 is 0 Å². The second-order valence-corrected chi connectivity index (χ2v) is 7.42. The maximum atomic E-state index is 12.6. The molecule has 1 amide bonds. The van der Waals surface area contributed by atoms with Crippen molar-refractivity contribution in [2.24, 2.45) is 4.99 Å². The zero-order chi connectivity index (χ0) is 24.9. The maximum Gasteiger partial charge on any atom is 0.282 e. The van der Waals surface area contributed by atoms with Crippen LogP contribution in [0.25, 0.3) is 6.08 Å². The van der Waals surface area contributed by atoms with E-state index in [9.17, 15) is 4.79 Å². The van der Waals surface area contributed by atoms with Crippen LogP contribution in [0.1, 0.15) is 12.5 Å². The van der Waals surface area contributed by atoms with Gasteiger partial charge in [-0.2, -0.15) is 4.99 Å². The molecule has 1 N–H and O–H groups in total. The van der Waals surface area contributed by atoms with Crippen LogP contribution in [-0.4, -0.2) is 57.2 Å². The second kappa shape index (κ2) is 10.2. The normalized spacial score (nSPS) is 15.8. The summed E-state index contributed by atoms with van der Waals surface area (Å²) in [5.74, 6) is 2.58. The lowest BCUT2D eigenvalue weighted by molar-refractivity contribution is -0.114. The van der Waals surface area contributed by atoms with Crippen molar-refractivity contribution in [3.8, 4) is 28.7 Å². The van der Waals surface area contributed by atoms with Gasteiger partial charge in [-0.05, 0) is 42.8 Å². The van der Waals surface area contributed by atoms with E-state index in [1.54, 1.807) is 32.2 Å². The minimum atomic E-state index is -0.539. The van der Waals surface area contributed by atoms with Gasteiger partial charge in [0.1, 0.15) is 19.0 Å². The highest BCUT2D eigenvalue weighted by Crippen LogP contribution is 2.39. The minimum absolute atomic E-state index is 0.0693. The number of amidine groups is 2. The summed E-state index contributed by atoms with van der Waals surface area (Å²) < 4.78 is 27.9. The molecule has 2 aromatic carbocycles. The van der Waals surface area contributed by atoms with Crippen molar-refractivity contribution >= 4 is 23.7 Å². The first-order valence-electron chi connectivity index (χ1n) is 10.7. The number of ether oxygens (including phenoxy) is 5. The molecule has 2 heterocycles. The molecule has 0 unspecified atom stereocenters. The quantitative estimate of drug-likeness (QED) is 0.429. The van der Waals surface area contributed by atoms with Gasteiger partial charge in [-0.25, -0.2) is 0 Å². The Hall–Kier alpha value is -4.47. The molecular formula is C25H25N3O7. The Kier molecular flexibility index (Phi) is 6.91. The number of carbonyl (C=O) groups excluding carboxylic acids is 1.